The van der Waals surface area contributed by atoms with Crippen molar-refractivity contribution < 1.29 is 27.4 Å². The van der Waals surface area contributed by atoms with Crippen LogP contribution in [0.2, 0.25) is 0 Å². The number of alkyl halides is 3. The van der Waals surface area contributed by atoms with Crippen molar-refractivity contribution in [3.63, 3.8) is 0 Å². The van der Waals surface area contributed by atoms with E-state index in [9.17, 15) is 18.0 Å². The third-order valence-corrected chi connectivity index (χ3v) is 6.69. The number of benzene rings is 1. The molecule has 1 saturated heterocycles. The number of aromatic nitrogens is 3. The van der Waals surface area contributed by atoms with Gasteiger partial charge in [-0.15, -0.1) is 0 Å². The first-order chi connectivity index (χ1) is 17.8. The molecule has 1 aromatic carbocycles. The molecule has 3 aromatic rings. The number of halogens is 3. The molecular formula is C25H27F3N6O3. The molecule has 0 radical (unpaired) electrons. The van der Waals surface area contributed by atoms with Crippen molar-refractivity contribution in [2.24, 2.45) is 0 Å². The van der Waals surface area contributed by atoms with Gasteiger partial charge in [0.2, 0.25) is 0 Å². The zero-order chi connectivity index (χ0) is 26.2. The summed E-state index contributed by atoms with van der Waals surface area (Å²) in [5.74, 6) is 0.871. The maximum atomic E-state index is 14.1. The van der Waals surface area contributed by atoms with Crippen LogP contribution in [-0.4, -0.2) is 60.2 Å². The second-order valence-corrected chi connectivity index (χ2v) is 9.06. The molecule has 1 fully saturated rings. The predicted molar refractivity (Wildman–Crippen MR) is 130 cm³/mol. The third kappa shape index (κ3) is 5.06. The first-order valence-electron chi connectivity index (χ1n) is 11.9. The molecule has 0 bridgehead atoms. The predicted octanol–water partition coefficient (Wildman–Crippen LogP) is 3.71. The number of fused-ring (bicyclic) bond motifs is 1. The van der Waals surface area contributed by atoms with Gasteiger partial charge in [-0.3, -0.25) is 9.78 Å². The van der Waals surface area contributed by atoms with Gasteiger partial charge in [-0.25, -0.2) is 4.68 Å². The number of pyridine rings is 1. The van der Waals surface area contributed by atoms with Crippen LogP contribution in [0.1, 0.15) is 41.0 Å². The summed E-state index contributed by atoms with van der Waals surface area (Å²) >= 11 is 0. The lowest BCUT2D eigenvalue weighted by Gasteiger charge is -2.33. The van der Waals surface area contributed by atoms with Crippen LogP contribution in [-0.2, 0) is 0 Å². The van der Waals surface area contributed by atoms with Gasteiger partial charge >= 0.3 is 6.18 Å². The molecular weight excluding hydrogens is 489 g/mol. The molecule has 2 aliphatic heterocycles. The number of hydrogen-bond donors (Lipinski definition) is 3. The van der Waals surface area contributed by atoms with Crippen molar-refractivity contribution in [1.82, 2.24) is 25.4 Å². The molecule has 196 valence electrons. The molecule has 2 aromatic heterocycles. The standard InChI is InChI=1S/C25H27F3N6O3/c1-36-20-6-4-14(9-21(20)37-2)18-10-22(25(26,27)28)34-23(32-18)11-19(33-34)15-3-5-17(30-12-15)24(35)31-16-7-8-29-13-16/h3-6,9,11-12,16,18,22,29,32H,7-8,10,13H2,1-2H3,(H,31,35)/t16-,18?,22?/m1/s1. The molecule has 0 spiro atoms. The molecule has 37 heavy (non-hydrogen) atoms. The number of nitrogens with one attached hydrogen (secondary N) is 3. The summed E-state index contributed by atoms with van der Waals surface area (Å²) < 4.78 is 53.8. The molecule has 2 unspecified atom stereocenters. The lowest BCUT2D eigenvalue weighted by molar-refractivity contribution is -0.173. The van der Waals surface area contributed by atoms with Crippen LogP contribution in [0.15, 0.2) is 42.6 Å². The van der Waals surface area contributed by atoms with E-state index in [1.165, 1.54) is 20.4 Å². The van der Waals surface area contributed by atoms with Crippen molar-refractivity contribution in [1.29, 1.82) is 0 Å². The summed E-state index contributed by atoms with van der Waals surface area (Å²) in [5, 5.41) is 13.5. The Hall–Kier alpha value is -3.80. The van der Waals surface area contributed by atoms with E-state index in [2.05, 4.69) is 26.0 Å². The maximum Gasteiger partial charge on any atom is 0.410 e. The molecule has 4 heterocycles. The lowest BCUT2D eigenvalue weighted by Crippen LogP contribution is -2.36. The molecule has 3 N–H and O–H groups in total. The van der Waals surface area contributed by atoms with Crippen LogP contribution in [0.25, 0.3) is 11.3 Å². The lowest BCUT2D eigenvalue weighted by atomic mass is 9.96. The number of anilines is 1. The minimum atomic E-state index is -4.51. The minimum Gasteiger partial charge on any atom is -0.493 e. The van der Waals surface area contributed by atoms with Crippen molar-refractivity contribution in [2.45, 2.75) is 37.1 Å². The molecule has 0 aliphatic carbocycles. The fourth-order valence-electron chi connectivity index (χ4n) is 4.72. The smallest absolute Gasteiger partial charge is 0.410 e. The third-order valence-electron chi connectivity index (χ3n) is 6.69. The van der Waals surface area contributed by atoms with Crippen LogP contribution in [0, 0.1) is 0 Å². The van der Waals surface area contributed by atoms with Crippen LogP contribution >= 0.6 is 0 Å². The van der Waals surface area contributed by atoms with E-state index in [1.807, 2.05) is 0 Å². The monoisotopic (exact) mass is 516 g/mol. The van der Waals surface area contributed by atoms with Crippen molar-refractivity contribution >= 4 is 11.7 Å². The average molecular weight is 517 g/mol. The van der Waals surface area contributed by atoms with Gasteiger partial charge in [0, 0.05) is 36.8 Å². The maximum absolute atomic E-state index is 14.1. The van der Waals surface area contributed by atoms with Gasteiger partial charge < -0.3 is 25.4 Å². The topological polar surface area (TPSA) is 102 Å². The highest BCUT2D eigenvalue weighted by molar-refractivity contribution is 5.92. The minimum absolute atomic E-state index is 0.0535. The summed E-state index contributed by atoms with van der Waals surface area (Å²) in [5.41, 5.74) is 1.70. The number of carbonyl (C=O) groups is 1. The van der Waals surface area contributed by atoms with Crippen LogP contribution in [0.4, 0.5) is 19.0 Å². The molecule has 1 amide bonds. The second kappa shape index (κ2) is 9.92. The van der Waals surface area contributed by atoms with Crippen molar-refractivity contribution in [3.8, 4) is 22.8 Å². The first kappa shape index (κ1) is 24.9. The summed E-state index contributed by atoms with van der Waals surface area (Å²) in [6, 6.07) is 7.41. The van der Waals surface area contributed by atoms with Crippen LogP contribution in [0.5, 0.6) is 11.5 Å². The Labute approximate surface area is 211 Å². The van der Waals surface area contributed by atoms with Crippen molar-refractivity contribution in [3.05, 3.63) is 53.9 Å². The molecule has 0 saturated carbocycles. The summed E-state index contributed by atoms with van der Waals surface area (Å²) in [7, 11) is 2.97. The molecule has 2 aliphatic rings. The molecule has 3 atom stereocenters. The Kier molecular flexibility index (Phi) is 6.67. The Bertz CT molecular complexity index is 1270. The quantitative estimate of drug-likeness (QED) is 0.459. The van der Waals surface area contributed by atoms with E-state index in [4.69, 9.17) is 9.47 Å². The van der Waals surface area contributed by atoms with Gasteiger partial charge in [-0.2, -0.15) is 18.3 Å². The van der Waals surface area contributed by atoms with Crippen molar-refractivity contribution in [2.75, 3.05) is 32.6 Å². The van der Waals surface area contributed by atoms with Gasteiger partial charge in [-0.05, 0) is 42.8 Å². The summed E-state index contributed by atoms with van der Waals surface area (Å²) in [4.78, 5) is 16.7. The number of amides is 1. The van der Waals surface area contributed by atoms with Crippen LogP contribution in [0.3, 0.4) is 0 Å². The van der Waals surface area contributed by atoms with E-state index in [0.29, 0.717) is 34.9 Å². The Morgan fingerprint density at radius 1 is 1.14 bits per heavy atom. The molecule has 12 heteroatoms. The van der Waals surface area contributed by atoms with Gasteiger partial charge in [-0.1, -0.05) is 6.07 Å². The van der Waals surface area contributed by atoms with Gasteiger partial charge in [0.05, 0.1) is 26.0 Å². The van der Waals surface area contributed by atoms with E-state index in [1.54, 1.807) is 36.4 Å². The highest BCUT2D eigenvalue weighted by atomic mass is 19.4. The highest BCUT2D eigenvalue weighted by Crippen LogP contribution is 2.45. The number of rotatable bonds is 6. The largest absolute Gasteiger partial charge is 0.493 e. The number of methoxy groups -OCH3 is 2. The zero-order valence-electron chi connectivity index (χ0n) is 20.3. The SMILES string of the molecule is COc1ccc(C2CC(C(F)(F)F)n3nc(-c4ccc(C(=O)N[C@@H]5CCNC5)nc4)cc3N2)cc1OC. The molecule has 9 nitrogen and oxygen atoms in total. The summed E-state index contributed by atoms with van der Waals surface area (Å²) in [6.45, 7) is 1.56. The summed E-state index contributed by atoms with van der Waals surface area (Å²) in [6.07, 6.45) is -2.46. The van der Waals surface area contributed by atoms with E-state index < -0.39 is 18.3 Å². The average Bonchev–Trinajstić information content (AvgIpc) is 3.57. The molecule has 5 rings (SSSR count). The van der Waals surface area contributed by atoms with E-state index in [-0.39, 0.29) is 29.9 Å². The van der Waals surface area contributed by atoms with Gasteiger partial charge in [0.25, 0.3) is 5.91 Å². The normalized spacial score (nSPS) is 21.2. The fraction of sp³-hybridized carbons (Fsp3) is 0.400. The van der Waals surface area contributed by atoms with Gasteiger partial charge in [0.15, 0.2) is 17.5 Å². The second-order valence-electron chi connectivity index (χ2n) is 9.06. The van der Waals surface area contributed by atoms with E-state index >= 15 is 0 Å². The van der Waals surface area contributed by atoms with Gasteiger partial charge in [0.1, 0.15) is 11.5 Å². The fourth-order valence-corrected chi connectivity index (χ4v) is 4.72. The zero-order valence-corrected chi connectivity index (χ0v) is 20.3. The number of hydrogen-bond acceptors (Lipinski definition) is 7. The number of nitrogens with zero attached hydrogens (tertiary/aromatic N) is 3. The Balaban J connectivity index is 1.40. The van der Waals surface area contributed by atoms with E-state index in [0.717, 1.165) is 17.6 Å². The Morgan fingerprint density at radius 3 is 2.59 bits per heavy atom. The Morgan fingerprint density at radius 2 is 1.95 bits per heavy atom. The highest BCUT2D eigenvalue weighted by Gasteiger charge is 2.46. The van der Waals surface area contributed by atoms with Crippen LogP contribution < -0.4 is 25.4 Å². The number of ether oxygens (including phenoxy) is 2. The number of carbonyl (C=O) groups excluding carboxylic acids is 1. The first-order valence-corrected chi connectivity index (χ1v) is 11.9.